The van der Waals surface area contributed by atoms with Gasteiger partial charge in [-0.3, -0.25) is 9.78 Å². The number of ether oxygens (including phenoxy) is 1. The van der Waals surface area contributed by atoms with Gasteiger partial charge in [0.2, 0.25) is 5.91 Å². The van der Waals surface area contributed by atoms with E-state index in [1.54, 1.807) is 17.3 Å². The fourth-order valence-corrected chi connectivity index (χ4v) is 3.62. The first-order chi connectivity index (χ1) is 12.6. The fraction of sp³-hybridized carbons (Fsp3) is 0.556. The van der Waals surface area contributed by atoms with Crippen LogP contribution in [0.25, 0.3) is 0 Å². The van der Waals surface area contributed by atoms with E-state index < -0.39 is 5.60 Å². The fourth-order valence-electron chi connectivity index (χ4n) is 3.62. The zero-order chi connectivity index (χ0) is 18.1. The molecule has 2 aromatic heterocycles. The minimum absolute atomic E-state index is 0.0119. The number of amides is 1. The molecule has 3 heterocycles. The molecule has 1 aliphatic carbocycles. The molecule has 0 aromatic carbocycles. The van der Waals surface area contributed by atoms with Crippen molar-refractivity contribution in [1.29, 1.82) is 0 Å². The molecule has 8 heteroatoms. The van der Waals surface area contributed by atoms with Gasteiger partial charge in [0, 0.05) is 19.3 Å². The summed E-state index contributed by atoms with van der Waals surface area (Å²) in [5.74, 6) is 2.16. The summed E-state index contributed by atoms with van der Waals surface area (Å²) in [6.07, 6.45) is 5.97. The van der Waals surface area contributed by atoms with Crippen molar-refractivity contribution < 1.29 is 14.6 Å². The minimum atomic E-state index is -0.801. The highest BCUT2D eigenvalue weighted by Gasteiger charge is 2.40. The Morgan fingerprint density at radius 3 is 2.92 bits per heavy atom. The monoisotopic (exact) mass is 357 g/mol. The third-order valence-corrected chi connectivity index (χ3v) is 5.35. The van der Waals surface area contributed by atoms with Gasteiger partial charge in [0.15, 0.2) is 11.6 Å². The molecule has 1 N–H and O–H groups in total. The number of nitrogens with zero attached hydrogens (tertiary/aromatic N) is 5. The normalized spacial score (nSPS) is 21.0. The van der Waals surface area contributed by atoms with Gasteiger partial charge >= 0.3 is 0 Å². The first kappa shape index (κ1) is 17.0. The predicted molar refractivity (Wildman–Crippen MR) is 92.1 cm³/mol. The van der Waals surface area contributed by atoms with E-state index in [1.165, 1.54) is 0 Å². The van der Waals surface area contributed by atoms with E-state index in [2.05, 4.69) is 15.2 Å². The molecule has 8 nitrogen and oxygen atoms in total. The number of pyridine rings is 1. The Morgan fingerprint density at radius 1 is 1.38 bits per heavy atom. The summed E-state index contributed by atoms with van der Waals surface area (Å²) in [4.78, 5) is 18.4. The molecule has 1 atom stereocenters. The molecule has 1 fully saturated rings. The second kappa shape index (κ2) is 6.68. The first-order valence-corrected chi connectivity index (χ1v) is 9.02. The van der Waals surface area contributed by atoms with Crippen LogP contribution >= 0.6 is 0 Å². The Kier molecular flexibility index (Phi) is 4.36. The third kappa shape index (κ3) is 3.16. The van der Waals surface area contributed by atoms with Crippen LogP contribution in [0.3, 0.4) is 0 Å². The Bertz CT molecular complexity index is 787. The molecule has 1 amide bonds. The van der Waals surface area contributed by atoms with E-state index in [4.69, 9.17) is 4.74 Å². The van der Waals surface area contributed by atoms with Gasteiger partial charge in [-0.2, -0.15) is 0 Å². The van der Waals surface area contributed by atoms with Crippen LogP contribution in [-0.2, 0) is 17.9 Å². The van der Waals surface area contributed by atoms with E-state index in [9.17, 15) is 9.90 Å². The topological polar surface area (TPSA) is 93.4 Å². The van der Waals surface area contributed by atoms with Crippen molar-refractivity contribution in [3.05, 3.63) is 36.2 Å². The minimum Gasteiger partial charge on any atom is -0.484 e. The molecule has 138 valence electrons. The molecular weight excluding hydrogens is 334 g/mol. The zero-order valence-corrected chi connectivity index (χ0v) is 14.8. The molecular formula is C18H23N5O3. The van der Waals surface area contributed by atoms with Gasteiger partial charge in [-0.25, -0.2) is 0 Å². The summed E-state index contributed by atoms with van der Waals surface area (Å²) >= 11 is 0. The zero-order valence-electron chi connectivity index (χ0n) is 14.8. The van der Waals surface area contributed by atoms with Gasteiger partial charge in [0.05, 0.1) is 24.3 Å². The number of carbonyl (C=O) groups excluding carboxylic acids is 1. The van der Waals surface area contributed by atoms with Crippen LogP contribution in [0.2, 0.25) is 0 Å². The Hall–Kier alpha value is -2.48. The molecule has 0 bridgehead atoms. The highest BCUT2D eigenvalue weighted by Crippen LogP contribution is 2.36. The van der Waals surface area contributed by atoms with Gasteiger partial charge in [0.1, 0.15) is 12.4 Å². The van der Waals surface area contributed by atoms with Crippen molar-refractivity contribution in [3.8, 4) is 5.75 Å². The van der Waals surface area contributed by atoms with E-state index in [0.29, 0.717) is 38.3 Å². The third-order valence-electron chi connectivity index (χ3n) is 5.35. The molecule has 2 aliphatic rings. The quantitative estimate of drug-likeness (QED) is 0.871. The van der Waals surface area contributed by atoms with E-state index in [-0.39, 0.29) is 18.4 Å². The summed E-state index contributed by atoms with van der Waals surface area (Å²) in [6.45, 7) is 3.47. The van der Waals surface area contributed by atoms with Crippen LogP contribution in [0.1, 0.15) is 50.3 Å². The summed E-state index contributed by atoms with van der Waals surface area (Å²) in [5.41, 5.74) is -0.801. The molecule has 0 radical (unpaired) electrons. The molecule has 0 spiro atoms. The lowest BCUT2D eigenvalue weighted by Crippen LogP contribution is -2.47. The molecule has 2 aromatic rings. The molecule has 4 rings (SSSR count). The molecule has 0 saturated heterocycles. The van der Waals surface area contributed by atoms with Gasteiger partial charge < -0.3 is 19.3 Å². The molecule has 1 aliphatic heterocycles. The smallest absolute Gasteiger partial charge is 0.226 e. The van der Waals surface area contributed by atoms with Gasteiger partial charge in [-0.05, 0) is 38.3 Å². The number of aromatic nitrogens is 4. The number of rotatable bonds is 5. The van der Waals surface area contributed by atoms with Gasteiger partial charge in [-0.15, -0.1) is 10.2 Å². The number of fused-ring (bicyclic) bond motifs is 1. The van der Waals surface area contributed by atoms with Crippen LogP contribution in [0.5, 0.6) is 5.75 Å². The Morgan fingerprint density at radius 2 is 2.23 bits per heavy atom. The SMILES string of the molecule is CC1c2nnc(COc3cccnc3)n2CCN1C(=O)CC1(O)CCC1. The van der Waals surface area contributed by atoms with Crippen LogP contribution in [0, 0.1) is 0 Å². The van der Waals surface area contributed by atoms with Crippen LogP contribution in [0.4, 0.5) is 0 Å². The summed E-state index contributed by atoms with van der Waals surface area (Å²) in [6, 6.07) is 3.49. The maximum atomic E-state index is 12.6. The van der Waals surface area contributed by atoms with Crippen molar-refractivity contribution in [1.82, 2.24) is 24.6 Å². The van der Waals surface area contributed by atoms with Crippen molar-refractivity contribution in [2.24, 2.45) is 0 Å². The van der Waals surface area contributed by atoms with Crippen molar-refractivity contribution in [2.75, 3.05) is 6.54 Å². The van der Waals surface area contributed by atoms with E-state index >= 15 is 0 Å². The Balaban J connectivity index is 1.43. The maximum absolute atomic E-state index is 12.6. The van der Waals surface area contributed by atoms with Gasteiger partial charge in [0.25, 0.3) is 0 Å². The second-order valence-corrected chi connectivity index (χ2v) is 7.12. The van der Waals surface area contributed by atoms with Crippen molar-refractivity contribution in [2.45, 2.75) is 57.4 Å². The first-order valence-electron chi connectivity index (χ1n) is 9.02. The van der Waals surface area contributed by atoms with Crippen LogP contribution in [0.15, 0.2) is 24.5 Å². The second-order valence-electron chi connectivity index (χ2n) is 7.12. The predicted octanol–water partition coefficient (Wildman–Crippen LogP) is 1.46. The standard InChI is InChI=1S/C18H23N5O3/c1-13-17-21-20-15(12-26-14-4-2-7-19-11-14)23(17)9-8-22(13)16(24)10-18(25)5-3-6-18/h2,4,7,11,13,25H,3,5-6,8-10,12H2,1H3. The molecule has 26 heavy (non-hydrogen) atoms. The Labute approximate surface area is 151 Å². The van der Waals surface area contributed by atoms with Crippen molar-refractivity contribution in [3.63, 3.8) is 0 Å². The summed E-state index contributed by atoms with van der Waals surface area (Å²) < 4.78 is 7.73. The largest absolute Gasteiger partial charge is 0.484 e. The average molecular weight is 357 g/mol. The number of carbonyl (C=O) groups is 1. The van der Waals surface area contributed by atoms with Crippen molar-refractivity contribution >= 4 is 5.91 Å². The lowest BCUT2D eigenvalue weighted by molar-refractivity contribution is -0.143. The van der Waals surface area contributed by atoms with Crippen LogP contribution < -0.4 is 4.74 Å². The van der Waals surface area contributed by atoms with E-state index in [1.807, 2.05) is 23.6 Å². The number of hydrogen-bond acceptors (Lipinski definition) is 6. The highest BCUT2D eigenvalue weighted by atomic mass is 16.5. The lowest BCUT2D eigenvalue weighted by Gasteiger charge is -2.40. The highest BCUT2D eigenvalue weighted by molar-refractivity contribution is 5.78. The average Bonchev–Trinajstić information content (AvgIpc) is 3.03. The van der Waals surface area contributed by atoms with Crippen LogP contribution in [-0.4, -0.2) is 47.8 Å². The van der Waals surface area contributed by atoms with Gasteiger partial charge in [-0.1, -0.05) is 0 Å². The molecule has 1 unspecified atom stereocenters. The number of hydrogen-bond donors (Lipinski definition) is 1. The maximum Gasteiger partial charge on any atom is 0.226 e. The molecule has 1 saturated carbocycles. The lowest BCUT2D eigenvalue weighted by atomic mass is 9.77. The number of aliphatic hydroxyl groups is 1. The summed E-state index contributed by atoms with van der Waals surface area (Å²) in [7, 11) is 0. The summed E-state index contributed by atoms with van der Waals surface area (Å²) in [5, 5.41) is 18.8. The van der Waals surface area contributed by atoms with E-state index in [0.717, 1.165) is 18.1 Å².